The topological polar surface area (TPSA) is 76.9 Å². The summed E-state index contributed by atoms with van der Waals surface area (Å²) >= 11 is 0. The van der Waals surface area contributed by atoms with Gasteiger partial charge in [0.2, 0.25) is 10.0 Å². The first-order valence-corrected chi connectivity index (χ1v) is 9.06. The summed E-state index contributed by atoms with van der Waals surface area (Å²) < 4.78 is 42.0. The molecule has 0 saturated carbocycles. The monoisotopic (exact) mass is 360 g/mol. The molecule has 25 heavy (non-hydrogen) atoms. The number of sulfonamides is 1. The van der Waals surface area contributed by atoms with Crippen molar-refractivity contribution in [2.45, 2.75) is 25.3 Å². The molecular weight excluding hydrogens is 343 g/mol. The predicted molar refractivity (Wildman–Crippen MR) is 91.3 cm³/mol. The van der Waals surface area contributed by atoms with E-state index in [4.69, 9.17) is 0 Å². The number of benzene rings is 1. The number of rotatable bonds is 5. The summed E-state index contributed by atoms with van der Waals surface area (Å²) in [4.78, 5) is 8.50. The molecule has 0 aliphatic rings. The summed E-state index contributed by atoms with van der Waals surface area (Å²) in [6, 6.07) is 9.02. The van der Waals surface area contributed by atoms with E-state index in [9.17, 15) is 12.8 Å². The van der Waals surface area contributed by atoms with Crippen LogP contribution in [-0.2, 0) is 16.6 Å². The minimum absolute atomic E-state index is 0.0776. The third-order valence-electron chi connectivity index (χ3n) is 3.56. The van der Waals surface area contributed by atoms with E-state index in [1.165, 1.54) is 24.4 Å². The highest BCUT2D eigenvalue weighted by molar-refractivity contribution is 7.89. The van der Waals surface area contributed by atoms with Crippen molar-refractivity contribution in [2.75, 3.05) is 0 Å². The van der Waals surface area contributed by atoms with Gasteiger partial charge in [0.25, 0.3) is 0 Å². The second-order valence-corrected chi connectivity index (χ2v) is 7.37. The van der Waals surface area contributed by atoms with Crippen LogP contribution in [0.5, 0.6) is 0 Å². The van der Waals surface area contributed by atoms with Crippen LogP contribution in [0.1, 0.15) is 17.2 Å². The molecule has 1 N–H and O–H groups in total. The van der Waals surface area contributed by atoms with Gasteiger partial charge in [-0.05, 0) is 50.2 Å². The van der Waals surface area contributed by atoms with Gasteiger partial charge in [-0.2, -0.15) is 0 Å². The van der Waals surface area contributed by atoms with E-state index < -0.39 is 10.0 Å². The van der Waals surface area contributed by atoms with Crippen molar-refractivity contribution in [2.24, 2.45) is 0 Å². The maximum absolute atomic E-state index is 13.0. The van der Waals surface area contributed by atoms with Gasteiger partial charge in [-0.1, -0.05) is 0 Å². The van der Waals surface area contributed by atoms with E-state index in [0.29, 0.717) is 17.2 Å². The minimum Gasteiger partial charge on any atom is -0.322 e. The van der Waals surface area contributed by atoms with Crippen molar-refractivity contribution >= 4 is 10.0 Å². The van der Waals surface area contributed by atoms with Gasteiger partial charge in [0.05, 0.1) is 12.2 Å². The molecule has 0 radical (unpaired) electrons. The SMILES string of the molecule is Cc1cc(CNS(=O)(=O)c2ccn(-c3ccc(F)cc3)c2)nc(C)n1. The maximum Gasteiger partial charge on any atom is 0.242 e. The van der Waals surface area contributed by atoms with Gasteiger partial charge in [-0.3, -0.25) is 0 Å². The second kappa shape index (κ2) is 6.73. The number of nitrogens with one attached hydrogen (secondary N) is 1. The molecule has 2 heterocycles. The molecule has 6 nitrogen and oxygen atoms in total. The summed E-state index contributed by atoms with van der Waals surface area (Å²) in [6.45, 7) is 3.66. The highest BCUT2D eigenvalue weighted by Crippen LogP contribution is 2.15. The fourth-order valence-electron chi connectivity index (χ4n) is 2.45. The second-order valence-electron chi connectivity index (χ2n) is 5.60. The molecule has 130 valence electrons. The van der Waals surface area contributed by atoms with E-state index in [-0.39, 0.29) is 17.3 Å². The lowest BCUT2D eigenvalue weighted by atomic mass is 10.3. The summed E-state index contributed by atoms with van der Waals surface area (Å²) in [6.07, 6.45) is 3.09. The molecule has 8 heteroatoms. The van der Waals surface area contributed by atoms with Gasteiger partial charge in [0, 0.05) is 23.8 Å². The zero-order valence-corrected chi connectivity index (χ0v) is 14.6. The lowest BCUT2D eigenvalue weighted by molar-refractivity contribution is 0.580. The average Bonchev–Trinajstić information content (AvgIpc) is 3.04. The van der Waals surface area contributed by atoms with Crippen molar-refractivity contribution in [3.05, 3.63) is 71.8 Å². The van der Waals surface area contributed by atoms with Crippen molar-refractivity contribution in [1.29, 1.82) is 0 Å². The Bertz CT molecular complexity index is 977. The Morgan fingerprint density at radius 3 is 2.52 bits per heavy atom. The number of halogens is 1. The summed E-state index contributed by atoms with van der Waals surface area (Å²) in [7, 11) is -3.68. The molecule has 2 aromatic heterocycles. The highest BCUT2D eigenvalue weighted by atomic mass is 32.2. The predicted octanol–water partition coefficient (Wildman–Crippen LogP) is 2.50. The molecule has 0 unspecified atom stereocenters. The first-order valence-electron chi connectivity index (χ1n) is 7.58. The van der Waals surface area contributed by atoms with E-state index in [1.54, 1.807) is 35.9 Å². The van der Waals surface area contributed by atoms with Gasteiger partial charge in [0.1, 0.15) is 16.5 Å². The molecule has 0 aliphatic carbocycles. The molecule has 0 atom stereocenters. The smallest absolute Gasteiger partial charge is 0.242 e. The highest BCUT2D eigenvalue weighted by Gasteiger charge is 2.16. The molecule has 0 aliphatic heterocycles. The maximum atomic E-state index is 13.0. The Morgan fingerprint density at radius 2 is 1.84 bits per heavy atom. The first-order chi connectivity index (χ1) is 11.8. The van der Waals surface area contributed by atoms with Crippen LogP contribution in [0.15, 0.2) is 53.7 Å². The third kappa shape index (κ3) is 4.09. The van der Waals surface area contributed by atoms with Gasteiger partial charge >= 0.3 is 0 Å². The van der Waals surface area contributed by atoms with Crippen molar-refractivity contribution in [3.63, 3.8) is 0 Å². The van der Waals surface area contributed by atoms with Gasteiger partial charge in [0.15, 0.2) is 0 Å². The number of aryl methyl sites for hydroxylation is 2. The summed E-state index contributed by atoms with van der Waals surface area (Å²) in [5.41, 5.74) is 2.06. The Kier molecular flexibility index (Phi) is 4.65. The van der Waals surface area contributed by atoms with Crippen molar-refractivity contribution in [1.82, 2.24) is 19.3 Å². The molecule has 0 fully saturated rings. The van der Waals surface area contributed by atoms with Crippen LogP contribution in [0.4, 0.5) is 4.39 Å². The van der Waals surface area contributed by atoms with Crippen LogP contribution in [-0.4, -0.2) is 23.0 Å². The van der Waals surface area contributed by atoms with Gasteiger partial charge in [-0.15, -0.1) is 0 Å². The molecule has 3 aromatic rings. The third-order valence-corrected chi connectivity index (χ3v) is 4.95. The van der Waals surface area contributed by atoms with E-state index >= 15 is 0 Å². The molecule has 1 aromatic carbocycles. The number of aromatic nitrogens is 3. The number of hydrogen-bond donors (Lipinski definition) is 1. The molecule has 0 bridgehead atoms. The lowest BCUT2D eigenvalue weighted by Crippen LogP contribution is -2.23. The van der Waals surface area contributed by atoms with Crippen LogP contribution in [0.25, 0.3) is 5.69 Å². The largest absolute Gasteiger partial charge is 0.322 e. The zero-order chi connectivity index (χ0) is 18.0. The zero-order valence-electron chi connectivity index (χ0n) is 13.8. The lowest BCUT2D eigenvalue weighted by Gasteiger charge is -2.06. The Labute approximate surface area is 145 Å². The Morgan fingerprint density at radius 1 is 1.12 bits per heavy atom. The van der Waals surface area contributed by atoms with Crippen LogP contribution < -0.4 is 4.72 Å². The summed E-state index contributed by atoms with van der Waals surface area (Å²) in [5.74, 6) is 0.248. The van der Waals surface area contributed by atoms with Crippen LogP contribution in [0, 0.1) is 19.7 Å². The minimum atomic E-state index is -3.68. The number of nitrogens with zero attached hydrogens (tertiary/aromatic N) is 3. The fourth-order valence-corrected chi connectivity index (χ4v) is 3.44. The Balaban J connectivity index is 1.77. The van der Waals surface area contributed by atoms with Gasteiger partial charge in [-0.25, -0.2) is 27.5 Å². The molecule has 0 spiro atoms. The standard InChI is InChI=1S/C17H17FN4O2S/c1-12-9-15(21-13(2)20-12)10-19-25(23,24)17-7-8-22(11-17)16-5-3-14(18)4-6-16/h3-9,11,19H,10H2,1-2H3. The Hall–Kier alpha value is -2.58. The molecule has 0 amide bonds. The normalized spacial score (nSPS) is 11.6. The molecule has 0 saturated heterocycles. The summed E-state index contributed by atoms with van der Waals surface area (Å²) in [5, 5.41) is 0. The number of hydrogen-bond acceptors (Lipinski definition) is 4. The van der Waals surface area contributed by atoms with Gasteiger partial charge < -0.3 is 4.57 Å². The van der Waals surface area contributed by atoms with Crippen molar-refractivity contribution in [3.8, 4) is 5.69 Å². The van der Waals surface area contributed by atoms with Crippen molar-refractivity contribution < 1.29 is 12.8 Å². The fraction of sp³-hybridized carbons (Fsp3) is 0.176. The van der Waals surface area contributed by atoms with Crippen LogP contribution >= 0.6 is 0 Å². The van der Waals surface area contributed by atoms with E-state index in [1.807, 2.05) is 6.92 Å². The molecule has 3 rings (SSSR count). The van der Waals surface area contributed by atoms with Crippen LogP contribution in [0.3, 0.4) is 0 Å². The average molecular weight is 360 g/mol. The van der Waals surface area contributed by atoms with E-state index in [2.05, 4.69) is 14.7 Å². The van der Waals surface area contributed by atoms with E-state index in [0.717, 1.165) is 5.69 Å². The van der Waals surface area contributed by atoms with Crippen LogP contribution in [0.2, 0.25) is 0 Å². The first kappa shape index (κ1) is 17.2. The molecular formula is C17H17FN4O2S. The quantitative estimate of drug-likeness (QED) is 0.758.